The molecular weight excluding hydrogens is 424 g/mol. The van der Waals surface area contributed by atoms with E-state index >= 15 is 0 Å². The van der Waals surface area contributed by atoms with Crippen molar-refractivity contribution >= 4 is 35.3 Å². The summed E-state index contributed by atoms with van der Waals surface area (Å²) < 4.78 is 0. The second-order valence-electron chi connectivity index (χ2n) is 8.13. The third-order valence-electron chi connectivity index (χ3n) is 5.82. The third kappa shape index (κ3) is 5.62. The summed E-state index contributed by atoms with van der Waals surface area (Å²) in [6, 6.07) is 18.1. The van der Waals surface area contributed by atoms with E-state index in [9.17, 15) is 14.4 Å². The molecule has 4 N–H and O–H groups in total. The number of hydrogen-bond acceptors (Lipinski definition) is 4. The highest BCUT2D eigenvalue weighted by Crippen LogP contribution is 2.33. The molecule has 0 bridgehead atoms. The summed E-state index contributed by atoms with van der Waals surface area (Å²) in [5, 5.41) is 12.1. The molecule has 2 aromatic carbocycles. The van der Waals surface area contributed by atoms with E-state index in [1.165, 1.54) is 0 Å². The summed E-state index contributed by atoms with van der Waals surface area (Å²) in [6.07, 6.45) is 2.95. The lowest BCUT2D eigenvalue weighted by Gasteiger charge is -2.19. The monoisotopic (exact) mass is 452 g/mol. The van der Waals surface area contributed by atoms with Crippen molar-refractivity contribution in [2.45, 2.75) is 49.1 Å². The number of carbonyl (C=O) groups is 3. The van der Waals surface area contributed by atoms with Crippen LogP contribution in [0.3, 0.4) is 0 Å². The lowest BCUT2D eigenvalue weighted by Crippen LogP contribution is -2.37. The molecule has 4 atom stereocenters. The summed E-state index contributed by atoms with van der Waals surface area (Å²) in [5.41, 5.74) is 1.43. The number of urea groups is 1. The lowest BCUT2D eigenvalue weighted by molar-refractivity contribution is -0.126. The Labute approximate surface area is 192 Å². The summed E-state index contributed by atoms with van der Waals surface area (Å²) in [4.78, 5) is 37.1. The number of nitrogens with one attached hydrogen (secondary N) is 4. The van der Waals surface area contributed by atoms with Crippen molar-refractivity contribution in [1.29, 1.82) is 0 Å². The molecule has 0 spiro atoms. The molecule has 1 unspecified atom stereocenters. The fourth-order valence-electron chi connectivity index (χ4n) is 4.19. The highest BCUT2D eigenvalue weighted by Gasteiger charge is 2.42. The molecule has 32 heavy (non-hydrogen) atoms. The van der Waals surface area contributed by atoms with Crippen LogP contribution in [-0.2, 0) is 9.59 Å². The molecule has 4 rings (SSSR count). The summed E-state index contributed by atoms with van der Waals surface area (Å²) in [5.74, 6) is 0.521. The summed E-state index contributed by atoms with van der Waals surface area (Å²) in [6.45, 7) is 0. The number of para-hydroxylation sites is 1. The first-order valence-electron chi connectivity index (χ1n) is 11.0. The van der Waals surface area contributed by atoms with E-state index in [2.05, 4.69) is 21.3 Å². The molecule has 0 saturated carbocycles. The number of rotatable bonds is 9. The fraction of sp³-hybridized carbons (Fsp3) is 0.375. The van der Waals surface area contributed by atoms with Gasteiger partial charge in [0.1, 0.15) is 6.04 Å². The van der Waals surface area contributed by atoms with E-state index in [1.807, 2.05) is 72.4 Å². The normalized spacial score (nSPS) is 22.4. The summed E-state index contributed by atoms with van der Waals surface area (Å²) >= 11 is 1.88. The van der Waals surface area contributed by atoms with Crippen LogP contribution in [0.4, 0.5) is 10.5 Å². The fourth-order valence-corrected chi connectivity index (χ4v) is 5.73. The van der Waals surface area contributed by atoms with Crippen molar-refractivity contribution in [3.05, 3.63) is 66.2 Å². The molecule has 0 radical (unpaired) electrons. The standard InChI is InChI=1S/C24H28N4O3S/c29-20(14-8-7-13-19-22-18(15-32-19)26-24(31)28-22)27-21(16-9-3-1-4-10-16)23(30)25-17-11-5-2-6-12-17/h1-6,9-12,18-19,21-22H,7-8,13-15H2,(H,25,30)(H,27,29)(H2,26,28,31)/t18-,19-,21?,22-/m0/s1. The SMILES string of the molecule is O=C(CCCC[C@@H]1SC[C@@H]2NC(=O)N[C@@H]21)NC(C(=O)Nc1ccccc1)c1ccccc1. The Morgan fingerprint density at radius 2 is 1.72 bits per heavy atom. The van der Waals surface area contributed by atoms with E-state index < -0.39 is 6.04 Å². The zero-order valence-corrected chi connectivity index (χ0v) is 18.6. The van der Waals surface area contributed by atoms with E-state index in [0.717, 1.165) is 30.6 Å². The molecule has 2 heterocycles. The Bertz CT molecular complexity index is 941. The van der Waals surface area contributed by atoms with Gasteiger partial charge in [0.15, 0.2) is 0 Å². The van der Waals surface area contributed by atoms with Gasteiger partial charge in [-0.1, -0.05) is 55.0 Å². The number of anilines is 1. The van der Waals surface area contributed by atoms with Crippen molar-refractivity contribution in [2.75, 3.05) is 11.1 Å². The molecule has 0 aliphatic carbocycles. The number of fused-ring (bicyclic) bond motifs is 1. The van der Waals surface area contributed by atoms with Crippen LogP contribution >= 0.6 is 11.8 Å². The minimum Gasteiger partial charge on any atom is -0.341 e. The van der Waals surface area contributed by atoms with Crippen molar-refractivity contribution in [3.63, 3.8) is 0 Å². The number of unbranched alkanes of at least 4 members (excludes halogenated alkanes) is 1. The van der Waals surface area contributed by atoms with Crippen LogP contribution in [-0.4, -0.2) is 40.9 Å². The van der Waals surface area contributed by atoms with E-state index in [1.54, 1.807) is 0 Å². The smallest absolute Gasteiger partial charge is 0.315 e. The van der Waals surface area contributed by atoms with Crippen molar-refractivity contribution in [1.82, 2.24) is 16.0 Å². The average Bonchev–Trinajstić information content (AvgIpc) is 3.35. The highest BCUT2D eigenvalue weighted by atomic mass is 32.2. The van der Waals surface area contributed by atoms with E-state index in [-0.39, 0.29) is 29.9 Å². The second kappa shape index (κ2) is 10.5. The van der Waals surface area contributed by atoms with Crippen LogP contribution in [0, 0.1) is 0 Å². The van der Waals surface area contributed by atoms with Gasteiger partial charge in [0.2, 0.25) is 5.91 Å². The van der Waals surface area contributed by atoms with Gasteiger partial charge in [0.05, 0.1) is 12.1 Å². The second-order valence-corrected chi connectivity index (χ2v) is 9.41. The van der Waals surface area contributed by atoms with Crippen LogP contribution < -0.4 is 21.3 Å². The molecule has 2 aliphatic heterocycles. The van der Waals surface area contributed by atoms with Gasteiger partial charge in [-0.05, 0) is 30.5 Å². The van der Waals surface area contributed by atoms with E-state index in [0.29, 0.717) is 17.4 Å². The molecule has 7 nitrogen and oxygen atoms in total. The Balaban J connectivity index is 1.27. The van der Waals surface area contributed by atoms with Gasteiger partial charge in [-0.3, -0.25) is 9.59 Å². The molecule has 2 saturated heterocycles. The van der Waals surface area contributed by atoms with E-state index in [4.69, 9.17) is 0 Å². The number of carbonyl (C=O) groups excluding carboxylic acids is 3. The maximum absolute atomic E-state index is 12.9. The predicted octanol–water partition coefficient (Wildman–Crippen LogP) is 3.21. The number of benzene rings is 2. The average molecular weight is 453 g/mol. The van der Waals surface area contributed by atoms with Crippen LogP contribution in [0.25, 0.3) is 0 Å². The molecule has 8 heteroatoms. The molecule has 2 aromatic rings. The van der Waals surface area contributed by atoms with Crippen LogP contribution in [0.15, 0.2) is 60.7 Å². The van der Waals surface area contributed by atoms with Crippen molar-refractivity contribution in [3.8, 4) is 0 Å². The van der Waals surface area contributed by atoms with Gasteiger partial charge in [0, 0.05) is 23.1 Å². The first-order valence-corrected chi connectivity index (χ1v) is 12.0. The maximum atomic E-state index is 12.9. The maximum Gasteiger partial charge on any atom is 0.315 e. The Morgan fingerprint density at radius 1 is 1.00 bits per heavy atom. The zero-order valence-electron chi connectivity index (χ0n) is 17.8. The predicted molar refractivity (Wildman–Crippen MR) is 126 cm³/mol. The van der Waals surface area contributed by atoms with Gasteiger partial charge in [-0.25, -0.2) is 4.79 Å². The molecule has 168 valence electrons. The highest BCUT2D eigenvalue weighted by molar-refractivity contribution is 8.00. The number of hydrogen-bond donors (Lipinski definition) is 4. The first kappa shape index (κ1) is 22.2. The molecule has 4 amide bonds. The molecule has 2 fully saturated rings. The van der Waals surface area contributed by atoms with Gasteiger partial charge in [-0.2, -0.15) is 11.8 Å². The Morgan fingerprint density at radius 3 is 2.47 bits per heavy atom. The van der Waals surface area contributed by atoms with Crippen LogP contribution in [0.2, 0.25) is 0 Å². The van der Waals surface area contributed by atoms with Crippen LogP contribution in [0.1, 0.15) is 37.3 Å². The largest absolute Gasteiger partial charge is 0.341 e. The molecule has 0 aromatic heterocycles. The minimum absolute atomic E-state index is 0.0783. The number of amides is 4. The zero-order chi connectivity index (χ0) is 22.3. The Hall–Kier alpha value is -3.00. The van der Waals surface area contributed by atoms with Crippen LogP contribution in [0.5, 0.6) is 0 Å². The molecular formula is C24H28N4O3S. The van der Waals surface area contributed by atoms with Gasteiger partial charge >= 0.3 is 6.03 Å². The van der Waals surface area contributed by atoms with Gasteiger partial charge in [0.25, 0.3) is 5.91 Å². The molecule has 2 aliphatic rings. The number of thioether (sulfide) groups is 1. The van der Waals surface area contributed by atoms with Crippen molar-refractivity contribution < 1.29 is 14.4 Å². The topological polar surface area (TPSA) is 99.3 Å². The van der Waals surface area contributed by atoms with Gasteiger partial charge in [-0.15, -0.1) is 0 Å². The first-order chi connectivity index (χ1) is 15.6. The van der Waals surface area contributed by atoms with Gasteiger partial charge < -0.3 is 21.3 Å². The minimum atomic E-state index is -0.755. The third-order valence-corrected chi connectivity index (χ3v) is 7.33. The lowest BCUT2D eigenvalue weighted by atomic mass is 10.0. The quantitative estimate of drug-likeness (QED) is 0.347. The van der Waals surface area contributed by atoms with Crippen molar-refractivity contribution in [2.24, 2.45) is 0 Å². The summed E-state index contributed by atoms with van der Waals surface area (Å²) in [7, 11) is 0. The Kier molecular flexibility index (Phi) is 7.32.